The largest absolute Gasteiger partial charge is 0.508 e. The van der Waals surface area contributed by atoms with Gasteiger partial charge < -0.3 is 30.3 Å². The number of amides is 3. The number of hydrogen-bond acceptors (Lipinski definition) is 7. The van der Waals surface area contributed by atoms with E-state index in [0.717, 1.165) is 38.5 Å². The summed E-state index contributed by atoms with van der Waals surface area (Å²) >= 11 is 0. The molecule has 3 rings (SSSR count). The summed E-state index contributed by atoms with van der Waals surface area (Å²) < 4.78 is 5.56. The van der Waals surface area contributed by atoms with Crippen LogP contribution < -0.4 is 10.2 Å². The van der Waals surface area contributed by atoms with Crippen molar-refractivity contribution >= 4 is 23.6 Å². The number of aromatic hydroxyl groups is 1. The predicted molar refractivity (Wildman–Crippen MR) is 145 cm³/mol. The summed E-state index contributed by atoms with van der Waals surface area (Å²) in [6.45, 7) is 6.11. The standard InChI is InChI=1S/C25H37N3O5.C3H8O2/c1-25(2,3)33-23(31)20-14-9-15-28(20)22(30)21(17-10-6-5-7-11-17)26-24(32)27(4)18-12-8-13-19(29)16-18;4-2-1-3-5/h8,12-13,16-17,20-21,29H,5-7,9-11,14-15H2,1-4H3,(H,26,32);4-5H,1-3H2. The van der Waals surface area contributed by atoms with Gasteiger partial charge >= 0.3 is 12.0 Å². The molecule has 0 radical (unpaired) electrons. The average molecular weight is 536 g/mol. The van der Waals surface area contributed by atoms with Crippen LogP contribution >= 0.6 is 0 Å². The first kappa shape index (κ1) is 31.4. The number of ether oxygens (including phenoxy) is 1. The zero-order chi connectivity index (χ0) is 28.3. The monoisotopic (exact) mass is 535 g/mol. The van der Waals surface area contributed by atoms with Crippen LogP contribution in [0.4, 0.5) is 10.5 Å². The number of urea groups is 1. The Labute approximate surface area is 226 Å². The minimum atomic E-state index is -0.708. The lowest BCUT2D eigenvalue weighted by Gasteiger charge is -2.35. The van der Waals surface area contributed by atoms with Crippen LogP contribution in [-0.2, 0) is 14.3 Å². The molecule has 1 saturated carbocycles. The molecule has 10 nitrogen and oxygen atoms in total. The fourth-order valence-electron chi connectivity index (χ4n) is 4.79. The zero-order valence-corrected chi connectivity index (χ0v) is 23.2. The molecule has 1 aromatic rings. The van der Waals surface area contributed by atoms with Crippen molar-refractivity contribution < 1.29 is 34.4 Å². The third kappa shape index (κ3) is 9.47. The molecule has 2 aliphatic rings. The summed E-state index contributed by atoms with van der Waals surface area (Å²) in [7, 11) is 1.60. The Balaban J connectivity index is 0.000000926. The highest BCUT2D eigenvalue weighted by Crippen LogP contribution is 2.30. The van der Waals surface area contributed by atoms with Crippen LogP contribution in [0.1, 0.15) is 72.1 Å². The van der Waals surface area contributed by atoms with Gasteiger partial charge in [-0.3, -0.25) is 9.69 Å². The second kappa shape index (κ2) is 14.9. The molecule has 2 fully saturated rings. The van der Waals surface area contributed by atoms with Crippen LogP contribution in [0.2, 0.25) is 0 Å². The molecule has 214 valence electrons. The first-order valence-electron chi connectivity index (χ1n) is 13.6. The van der Waals surface area contributed by atoms with E-state index in [-0.39, 0.29) is 36.8 Å². The van der Waals surface area contributed by atoms with E-state index in [1.165, 1.54) is 17.0 Å². The first-order chi connectivity index (χ1) is 18.0. The van der Waals surface area contributed by atoms with Gasteiger partial charge in [0.25, 0.3) is 0 Å². The van der Waals surface area contributed by atoms with Crippen molar-refractivity contribution in [1.29, 1.82) is 0 Å². The minimum Gasteiger partial charge on any atom is -0.508 e. The zero-order valence-electron chi connectivity index (χ0n) is 23.2. The van der Waals surface area contributed by atoms with E-state index in [1.54, 1.807) is 24.1 Å². The van der Waals surface area contributed by atoms with Gasteiger partial charge in [0.2, 0.25) is 5.91 Å². The van der Waals surface area contributed by atoms with Crippen LogP contribution in [0.3, 0.4) is 0 Å². The van der Waals surface area contributed by atoms with Gasteiger partial charge in [-0.05, 0) is 70.9 Å². The third-order valence-corrected chi connectivity index (χ3v) is 6.72. The van der Waals surface area contributed by atoms with Gasteiger partial charge in [0.15, 0.2) is 0 Å². The number of likely N-dealkylation sites (tertiary alicyclic amines) is 1. The molecule has 0 spiro atoms. The van der Waals surface area contributed by atoms with E-state index in [4.69, 9.17) is 14.9 Å². The summed E-state index contributed by atoms with van der Waals surface area (Å²) in [4.78, 5) is 42.6. The third-order valence-electron chi connectivity index (χ3n) is 6.72. The summed E-state index contributed by atoms with van der Waals surface area (Å²) in [6, 6.07) is 4.66. The molecular weight excluding hydrogens is 490 g/mol. The Morgan fingerprint density at radius 2 is 1.74 bits per heavy atom. The van der Waals surface area contributed by atoms with Gasteiger partial charge in [-0.15, -0.1) is 0 Å². The van der Waals surface area contributed by atoms with Gasteiger partial charge in [-0.25, -0.2) is 9.59 Å². The van der Waals surface area contributed by atoms with E-state index in [9.17, 15) is 19.5 Å². The lowest BCUT2D eigenvalue weighted by Crippen LogP contribution is -2.57. The van der Waals surface area contributed by atoms with Crippen molar-refractivity contribution in [3.8, 4) is 5.75 Å². The molecule has 3 amide bonds. The topological polar surface area (TPSA) is 140 Å². The SMILES string of the molecule is CN(C(=O)NC(C(=O)N1CCCC1C(=O)OC(C)(C)C)C1CCCCC1)c1cccc(O)c1.OCCCO. The number of anilines is 1. The van der Waals surface area contributed by atoms with Crippen LogP contribution in [0.5, 0.6) is 5.75 Å². The van der Waals surface area contributed by atoms with Crippen molar-refractivity contribution in [1.82, 2.24) is 10.2 Å². The molecule has 0 aromatic heterocycles. The number of nitrogens with zero attached hydrogens (tertiary/aromatic N) is 2. The Bertz CT molecular complexity index is 910. The number of nitrogens with one attached hydrogen (secondary N) is 1. The summed E-state index contributed by atoms with van der Waals surface area (Å²) in [5, 5.41) is 28.5. The molecular formula is C28H45N3O7. The average Bonchev–Trinajstić information content (AvgIpc) is 3.37. The maximum atomic E-state index is 13.7. The highest BCUT2D eigenvalue weighted by atomic mass is 16.6. The fourth-order valence-corrected chi connectivity index (χ4v) is 4.79. The Hall–Kier alpha value is -2.85. The van der Waals surface area contributed by atoms with Crippen molar-refractivity contribution in [2.24, 2.45) is 5.92 Å². The molecule has 1 saturated heterocycles. The number of phenols is 1. The number of benzene rings is 1. The van der Waals surface area contributed by atoms with Gasteiger partial charge in [0, 0.05) is 38.6 Å². The smallest absolute Gasteiger partial charge is 0.329 e. The molecule has 1 aromatic carbocycles. The van der Waals surface area contributed by atoms with Crippen molar-refractivity contribution in [3.05, 3.63) is 24.3 Å². The quantitative estimate of drug-likeness (QED) is 0.393. The molecule has 2 atom stereocenters. The second-order valence-electron chi connectivity index (χ2n) is 10.9. The predicted octanol–water partition coefficient (Wildman–Crippen LogP) is 3.18. The van der Waals surface area contributed by atoms with E-state index in [2.05, 4.69) is 5.32 Å². The van der Waals surface area contributed by atoms with Gasteiger partial charge in [-0.2, -0.15) is 0 Å². The Morgan fingerprint density at radius 1 is 1.08 bits per heavy atom. The summed E-state index contributed by atoms with van der Waals surface area (Å²) in [6.07, 6.45) is 6.66. The van der Waals surface area contributed by atoms with Crippen LogP contribution in [0, 0.1) is 5.92 Å². The molecule has 1 aliphatic heterocycles. The number of esters is 1. The number of aliphatic hydroxyl groups excluding tert-OH is 2. The molecule has 2 unspecified atom stereocenters. The number of rotatable bonds is 7. The van der Waals surface area contributed by atoms with Crippen molar-refractivity contribution in [2.45, 2.75) is 89.8 Å². The Kier molecular flexibility index (Phi) is 12.3. The highest BCUT2D eigenvalue weighted by Gasteiger charge is 2.42. The maximum absolute atomic E-state index is 13.7. The van der Waals surface area contributed by atoms with Gasteiger partial charge in [-0.1, -0.05) is 25.3 Å². The molecule has 4 N–H and O–H groups in total. The molecule has 38 heavy (non-hydrogen) atoms. The van der Waals surface area contributed by atoms with Crippen molar-refractivity contribution in [3.63, 3.8) is 0 Å². The van der Waals surface area contributed by atoms with E-state index in [0.29, 0.717) is 25.1 Å². The van der Waals surface area contributed by atoms with Crippen molar-refractivity contribution in [2.75, 3.05) is 31.7 Å². The number of carbonyl (C=O) groups is 3. The normalized spacial score (nSPS) is 18.7. The van der Waals surface area contributed by atoms with Gasteiger partial charge in [0.1, 0.15) is 23.4 Å². The number of carbonyl (C=O) groups excluding carboxylic acids is 3. The number of phenolic OH excluding ortho intramolecular Hbond substituents is 1. The van der Waals surface area contributed by atoms with E-state index >= 15 is 0 Å². The molecule has 1 aliphatic carbocycles. The van der Waals surface area contributed by atoms with E-state index < -0.39 is 23.7 Å². The molecule has 0 bridgehead atoms. The number of aliphatic hydroxyl groups is 2. The maximum Gasteiger partial charge on any atom is 0.329 e. The number of hydrogen-bond donors (Lipinski definition) is 4. The van der Waals surface area contributed by atoms with Gasteiger partial charge in [0.05, 0.1) is 0 Å². The van der Waals surface area contributed by atoms with Crippen LogP contribution in [-0.4, -0.2) is 82.6 Å². The van der Waals surface area contributed by atoms with Crippen LogP contribution in [0.25, 0.3) is 0 Å². The molecule has 1 heterocycles. The lowest BCUT2D eigenvalue weighted by molar-refractivity contribution is -0.163. The Morgan fingerprint density at radius 3 is 2.29 bits per heavy atom. The molecule has 10 heteroatoms. The first-order valence-corrected chi connectivity index (χ1v) is 13.6. The van der Waals surface area contributed by atoms with E-state index in [1.807, 2.05) is 20.8 Å². The summed E-state index contributed by atoms with van der Waals surface area (Å²) in [5.74, 6) is -0.524. The summed E-state index contributed by atoms with van der Waals surface area (Å²) in [5.41, 5.74) is -0.106. The lowest BCUT2D eigenvalue weighted by atomic mass is 9.83. The second-order valence-corrected chi connectivity index (χ2v) is 10.9. The minimum absolute atomic E-state index is 0.0210. The fraction of sp³-hybridized carbons (Fsp3) is 0.679. The highest BCUT2D eigenvalue weighted by molar-refractivity contribution is 5.96. The van der Waals surface area contributed by atoms with Crippen LogP contribution in [0.15, 0.2) is 24.3 Å².